The monoisotopic (exact) mass is 273 g/mol. The summed E-state index contributed by atoms with van der Waals surface area (Å²) in [6.45, 7) is 5.99. The molecule has 106 valence electrons. The third kappa shape index (κ3) is 2.97. The van der Waals surface area contributed by atoms with Gasteiger partial charge in [0, 0.05) is 12.2 Å². The SMILES string of the molecule is Cc1ccc(C(=O)Nc2cnn(C(C)C)c2)c(NN)c1. The highest BCUT2D eigenvalue weighted by atomic mass is 16.1. The number of aryl methyl sites for hydroxylation is 1. The fraction of sp³-hybridized carbons (Fsp3) is 0.286. The molecule has 20 heavy (non-hydrogen) atoms. The number of hydrogen-bond donors (Lipinski definition) is 3. The van der Waals surface area contributed by atoms with Crippen molar-refractivity contribution in [2.45, 2.75) is 26.8 Å². The van der Waals surface area contributed by atoms with Crippen molar-refractivity contribution in [3.05, 3.63) is 41.7 Å². The number of nitrogens with two attached hydrogens (primary N) is 1. The second kappa shape index (κ2) is 5.75. The minimum atomic E-state index is -0.221. The van der Waals surface area contributed by atoms with Crippen LogP contribution in [0.25, 0.3) is 0 Å². The quantitative estimate of drug-likeness (QED) is 0.589. The van der Waals surface area contributed by atoms with Gasteiger partial charge < -0.3 is 10.7 Å². The first-order chi connectivity index (χ1) is 9.51. The molecule has 0 bridgehead atoms. The Bertz CT molecular complexity index is 618. The van der Waals surface area contributed by atoms with Crippen LogP contribution in [-0.4, -0.2) is 15.7 Å². The molecular weight excluding hydrogens is 254 g/mol. The molecular formula is C14H19N5O. The summed E-state index contributed by atoms with van der Waals surface area (Å²) < 4.78 is 1.78. The Hall–Kier alpha value is -2.34. The summed E-state index contributed by atoms with van der Waals surface area (Å²) in [7, 11) is 0. The lowest BCUT2D eigenvalue weighted by Crippen LogP contribution is -2.17. The average molecular weight is 273 g/mol. The van der Waals surface area contributed by atoms with Crippen LogP contribution < -0.4 is 16.6 Å². The summed E-state index contributed by atoms with van der Waals surface area (Å²) in [5.41, 5.74) is 5.33. The predicted molar refractivity (Wildman–Crippen MR) is 79.6 cm³/mol. The topological polar surface area (TPSA) is 85.0 Å². The predicted octanol–water partition coefficient (Wildman–Crippen LogP) is 2.31. The molecule has 1 aromatic heterocycles. The average Bonchev–Trinajstić information content (AvgIpc) is 2.87. The molecule has 0 aliphatic rings. The molecule has 2 aromatic rings. The van der Waals surface area contributed by atoms with Gasteiger partial charge in [-0.2, -0.15) is 5.10 Å². The van der Waals surface area contributed by atoms with Gasteiger partial charge in [0.2, 0.25) is 0 Å². The zero-order valence-corrected chi connectivity index (χ0v) is 11.8. The van der Waals surface area contributed by atoms with Gasteiger partial charge in [0.15, 0.2) is 0 Å². The highest BCUT2D eigenvalue weighted by Gasteiger charge is 2.12. The van der Waals surface area contributed by atoms with Crippen molar-refractivity contribution in [1.82, 2.24) is 9.78 Å². The molecule has 0 unspecified atom stereocenters. The second-order valence-corrected chi connectivity index (χ2v) is 4.95. The molecule has 0 saturated heterocycles. The van der Waals surface area contributed by atoms with Crippen molar-refractivity contribution < 1.29 is 4.79 Å². The van der Waals surface area contributed by atoms with Gasteiger partial charge in [-0.05, 0) is 38.5 Å². The van der Waals surface area contributed by atoms with Crippen LogP contribution in [0.4, 0.5) is 11.4 Å². The van der Waals surface area contributed by atoms with Crippen LogP contribution >= 0.6 is 0 Å². The first-order valence-corrected chi connectivity index (χ1v) is 6.44. The number of nitrogens with one attached hydrogen (secondary N) is 2. The first kappa shape index (κ1) is 14.1. The summed E-state index contributed by atoms with van der Waals surface area (Å²) in [5.74, 6) is 5.23. The number of hydrogen-bond acceptors (Lipinski definition) is 4. The molecule has 0 aliphatic carbocycles. The molecule has 1 aromatic carbocycles. The lowest BCUT2D eigenvalue weighted by atomic mass is 10.1. The van der Waals surface area contributed by atoms with E-state index in [0.717, 1.165) is 5.56 Å². The Kier molecular flexibility index (Phi) is 4.05. The minimum absolute atomic E-state index is 0.221. The van der Waals surface area contributed by atoms with Crippen LogP contribution in [0, 0.1) is 6.92 Å². The van der Waals surface area contributed by atoms with Crippen LogP contribution in [-0.2, 0) is 0 Å². The Morgan fingerprint density at radius 1 is 1.40 bits per heavy atom. The minimum Gasteiger partial charge on any atom is -0.323 e. The number of nitrogen functional groups attached to an aromatic ring is 1. The summed E-state index contributed by atoms with van der Waals surface area (Å²) in [6.07, 6.45) is 3.42. The number of carbonyl (C=O) groups is 1. The molecule has 2 rings (SSSR count). The van der Waals surface area contributed by atoms with E-state index in [1.165, 1.54) is 0 Å². The Balaban J connectivity index is 2.19. The van der Waals surface area contributed by atoms with Crippen molar-refractivity contribution in [3.8, 4) is 0 Å². The van der Waals surface area contributed by atoms with Crippen LogP contribution in [0.1, 0.15) is 35.8 Å². The van der Waals surface area contributed by atoms with Crippen LogP contribution in [0.5, 0.6) is 0 Å². The number of benzene rings is 1. The Morgan fingerprint density at radius 3 is 2.75 bits per heavy atom. The largest absolute Gasteiger partial charge is 0.323 e. The third-order valence-electron chi connectivity index (χ3n) is 2.96. The molecule has 0 fully saturated rings. The molecule has 0 spiro atoms. The maximum Gasteiger partial charge on any atom is 0.257 e. The fourth-order valence-corrected chi connectivity index (χ4v) is 1.86. The second-order valence-electron chi connectivity index (χ2n) is 4.95. The number of anilines is 2. The number of carbonyl (C=O) groups excluding carboxylic acids is 1. The fourth-order valence-electron chi connectivity index (χ4n) is 1.86. The molecule has 0 saturated carbocycles. The molecule has 6 nitrogen and oxygen atoms in total. The van der Waals surface area contributed by atoms with E-state index in [1.54, 1.807) is 23.1 Å². The zero-order valence-electron chi connectivity index (χ0n) is 11.8. The number of rotatable bonds is 4. The number of amides is 1. The number of hydrazine groups is 1. The number of nitrogens with zero attached hydrogens (tertiary/aromatic N) is 2. The third-order valence-corrected chi connectivity index (χ3v) is 2.96. The van der Waals surface area contributed by atoms with E-state index in [1.807, 2.05) is 32.9 Å². The summed E-state index contributed by atoms with van der Waals surface area (Å²) in [4.78, 5) is 12.2. The van der Waals surface area contributed by atoms with Gasteiger partial charge in [0.1, 0.15) is 0 Å². The number of aromatic nitrogens is 2. The van der Waals surface area contributed by atoms with Crippen LogP contribution in [0.15, 0.2) is 30.6 Å². The van der Waals surface area contributed by atoms with Gasteiger partial charge in [-0.25, -0.2) is 0 Å². The van der Waals surface area contributed by atoms with Gasteiger partial charge in [-0.15, -0.1) is 0 Å². The summed E-state index contributed by atoms with van der Waals surface area (Å²) in [5, 5.41) is 6.99. The van der Waals surface area contributed by atoms with Crippen molar-refractivity contribution >= 4 is 17.3 Å². The van der Waals surface area contributed by atoms with E-state index in [2.05, 4.69) is 15.8 Å². The summed E-state index contributed by atoms with van der Waals surface area (Å²) >= 11 is 0. The van der Waals surface area contributed by atoms with Crippen molar-refractivity contribution in [1.29, 1.82) is 0 Å². The van der Waals surface area contributed by atoms with Crippen molar-refractivity contribution in [2.24, 2.45) is 5.84 Å². The van der Waals surface area contributed by atoms with Crippen LogP contribution in [0.3, 0.4) is 0 Å². The first-order valence-electron chi connectivity index (χ1n) is 6.44. The van der Waals surface area contributed by atoms with Gasteiger partial charge in [0.25, 0.3) is 5.91 Å². The maximum absolute atomic E-state index is 12.2. The van der Waals surface area contributed by atoms with E-state index >= 15 is 0 Å². The van der Waals surface area contributed by atoms with E-state index in [9.17, 15) is 4.79 Å². The Morgan fingerprint density at radius 2 is 2.15 bits per heavy atom. The van der Waals surface area contributed by atoms with Crippen molar-refractivity contribution in [2.75, 3.05) is 10.7 Å². The van der Waals surface area contributed by atoms with E-state index < -0.39 is 0 Å². The lowest BCUT2D eigenvalue weighted by Gasteiger charge is -2.09. The zero-order chi connectivity index (χ0) is 14.7. The summed E-state index contributed by atoms with van der Waals surface area (Å²) in [6, 6.07) is 5.69. The molecule has 6 heteroatoms. The maximum atomic E-state index is 12.2. The normalized spacial score (nSPS) is 10.7. The van der Waals surface area contributed by atoms with Gasteiger partial charge in [0.05, 0.1) is 23.1 Å². The van der Waals surface area contributed by atoms with Gasteiger partial charge in [-0.3, -0.25) is 15.3 Å². The lowest BCUT2D eigenvalue weighted by molar-refractivity contribution is 0.102. The molecule has 0 atom stereocenters. The van der Waals surface area contributed by atoms with E-state index in [-0.39, 0.29) is 11.9 Å². The smallest absolute Gasteiger partial charge is 0.257 e. The van der Waals surface area contributed by atoms with Crippen molar-refractivity contribution in [3.63, 3.8) is 0 Å². The molecule has 0 radical (unpaired) electrons. The van der Waals surface area contributed by atoms with Gasteiger partial charge >= 0.3 is 0 Å². The molecule has 4 N–H and O–H groups in total. The molecule has 1 heterocycles. The van der Waals surface area contributed by atoms with E-state index in [4.69, 9.17) is 5.84 Å². The van der Waals surface area contributed by atoms with Gasteiger partial charge in [-0.1, -0.05) is 6.07 Å². The molecule has 1 amide bonds. The Labute approximate surface area is 117 Å². The molecule has 0 aliphatic heterocycles. The van der Waals surface area contributed by atoms with Crippen LogP contribution in [0.2, 0.25) is 0 Å². The van der Waals surface area contributed by atoms with E-state index in [0.29, 0.717) is 16.9 Å². The highest BCUT2D eigenvalue weighted by molar-refractivity contribution is 6.07. The highest BCUT2D eigenvalue weighted by Crippen LogP contribution is 2.18. The standard InChI is InChI=1S/C14H19N5O/c1-9(2)19-8-11(7-16-19)17-14(20)12-5-4-10(3)6-13(12)18-15/h4-9,18H,15H2,1-3H3,(H,17,20).